The van der Waals surface area contributed by atoms with Crippen molar-refractivity contribution in [3.8, 4) is 0 Å². The molecular weight excluding hydrogens is 373 g/mol. The fraction of sp³-hybridized carbons (Fsp3) is 0.111. The van der Waals surface area contributed by atoms with Crippen LogP contribution in [0, 0.1) is 22.9 Å². The minimum absolute atomic E-state index is 0.0310. The van der Waals surface area contributed by atoms with Crippen molar-refractivity contribution in [1.29, 1.82) is 0 Å². The molecule has 2 aromatic carbocycles. The summed E-state index contributed by atoms with van der Waals surface area (Å²) in [6.45, 7) is 2.19. The second kappa shape index (κ2) is 7.96. The van der Waals surface area contributed by atoms with Crippen molar-refractivity contribution >= 4 is 29.2 Å². The maximum Gasteiger partial charge on any atom is 0.271 e. The van der Waals surface area contributed by atoms with Crippen LogP contribution < -0.4 is 5.43 Å². The zero-order valence-electron chi connectivity index (χ0n) is 14.3. The smallest absolute Gasteiger partial charge is 0.271 e. The van der Waals surface area contributed by atoms with E-state index in [1.54, 1.807) is 35.9 Å². The van der Waals surface area contributed by atoms with Gasteiger partial charge in [-0.2, -0.15) is 10.2 Å². The van der Waals surface area contributed by atoms with Crippen molar-refractivity contribution in [2.45, 2.75) is 13.5 Å². The number of anilines is 1. The molecule has 1 aromatic heterocycles. The van der Waals surface area contributed by atoms with E-state index in [0.29, 0.717) is 28.6 Å². The van der Waals surface area contributed by atoms with E-state index in [4.69, 9.17) is 11.6 Å². The zero-order valence-corrected chi connectivity index (χ0v) is 15.0. The van der Waals surface area contributed by atoms with E-state index in [2.05, 4.69) is 15.6 Å². The summed E-state index contributed by atoms with van der Waals surface area (Å²) in [4.78, 5) is 10.3. The molecule has 3 aromatic rings. The number of nitrogens with one attached hydrogen (secondary N) is 1. The number of rotatable bonds is 6. The van der Waals surface area contributed by atoms with Gasteiger partial charge < -0.3 is 0 Å². The number of aromatic nitrogens is 2. The molecular formula is C18H15ClFN5O2. The highest BCUT2D eigenvalue weighted by molar-refractivity contribution is 6.32. The predicted molar refractivity (Wildman–Crippen MR) is 102 cm³/mol. The Bertz CT molecular complexity index is 1000. The number of hydrazone groups is 1. The first-order valence-corrected chi connectivity index (χ1v) is 8.32. The number of nitrogens with zero attached hydrogens (tertiary/aromatic N) is 4. The van der Waals surface area contributed by atoms with Gasteiger partial charge >= 0.3 is 0 Å². The number of hydrogen-bond acceptors (Lipinski definition) is 5. The van der Waals surface area contributed by atoms with Gasteiger partial charge in [-0.05, 0) is 30.7 Å². The number of hydrogen-bond donors (Lipinski definition) is 1. The average molecular weight is 388 g/mol. The molecule has 3 rings (SSSR count). The normalized spacial score (nSPS) is 11.1. The second-order valence-corrected chi connectivity index (χ2v) is 6.11. The minimum Gasteiger partial charge on any atom is -0.278 e. The monoisotopic (exact) mass is 387 g/mol. The van der Waals surface area contributed by atoms with Crippen molar-refractivity contribution in [3.05, 3.63) is 86.4 Å². The Morgan fingerprint density at radius 1 is 1.33 bits per heavy atom. The molecule has 0 bridgehead atoms. The highest BCUT2D eigenvalue weighted by Crippen LogP contribution is 2.20. The van der Waals surface area contributed by atoms with Crippen LogP contribution in [-0.2, 0) is 6.54 Å². The van der Waals surface area contributed by atoms with Crippen LogP contribution in [0.2, 0.25) is 5.15 Å². The Balaban J connectivity index is 1.74. The summed E-state index contributed by atoms with van der Waals surface area (Å²) in [6.07, 6.45) is 1.50. The second-order valence-electron chi connectivity index (χ2n) is 5.75. The molecule has 0 aliphatic rings. The van der Waals surface area contributed by atoms with E-state index in [1.807, 2.05) is 0 Å². The van der Waals surface area contributed by atoms with Crippen LogP contribution in [-0.4, -0.2) is 20.9 Å². The van der Waals surface area contributed by atoms with E-state index in [1.165, 1.54) is 30.5 Å². The Morgan fingerprint density at radius 2 is 2.07 bits per heavy atom. The summed E-state index contributed by atoms with van der Waals surface area (Å²) >= 11 is 6.38. The van der Waals surface area contributed by atoms with E-state index < -0.39 is 4.92 Å². The Labute approximate surface area is 159 Å². The number of nitro groups is 1. The summed E-state index contributed by atoms with van der Waals surface area (Å²) in [5, 5.41) is 19.6. The van der Waals surface area contributed by atoms with Gasteiger partial charge in [-0.3, -0.25) is 15.5 Å². The summed E-state index contributed by atoms with van der Waals surface area (Å²) in [7, 11) is 0. The average Bonchev–Trinajstić information content (AvgIpc) is 2.91. The third kappa shape index (κ3) is 4.48. The molecule has 0 saturated carbocycles. The molecule has 0 saturated heterocycles. The molecule has 0 spiro atoms. The molecule has 7 nitrogen and oxygen atoms in total. The van der Waals surface area contributed by atoms with Crippen LogP contribution in [0.4, 0.5) is 15.8 Å². The summed E-state index contributed by atoms with van der Waals surface area (Å²) in [5.41, 5.74) is 5.34. The summed E-state index contributed by atoms with van der Waals surface area (Å²) in [6, 6.07) is 12.1. The Hall–Kier alpha value is -3.26. The van der Waals surface area contributed by atoms with E-state index in [0.717, 1.165) is 5.56 Å². The van der Waals surface area contributed by atoms with Gasteiger partial charge in [-0.1, -0.05) is 29.8 Å². The van der Waals surface area contributed by atoms with Gasteiger partial charge in [0.1, 0.15) is 11.0 Å². The Morgan fingerprint density at radius 3 is 2.78 bits per heavy atom. The first-order valence-electron chi connectivity index (χ1n) is 7.95. The van der Waals surface area contributed by atoms with Crippen LogP contribution in [0.1, 0.15) is 16.8 Å². The van der Waals surface area contributed by atoms with Crippen molar-refractivity contribution in [2.24, 2.45) is 5.10 Å². The molecule has 27 heavy (non-hydrogen) atoms. The maximum absolute atomic E-state index is 13.0. The van der Waals surface area contributed by atoms with Gasteiger partial charge in [-0.25, -0.2) is 9.07 Å². The van der Waals surface area contributed by atoms with Crippen LogP contribution in [0.3, 0.4) is 0 Å². The Kier molecular flexibility index (Phi) is 5.46. The number of halogens is 2. The number of nitro benzene ring substituents is 1. The third-order valence-corrected chi connectivity index (χ3v) is 4.20. The van der Waals surface area contributed by atoms with Crippen molar-refractivity contribution in [3.63, 3.8) is 0 Å². The molecule has 0 amide bonds. The standard InChI is InChI=1S/C18H15ClFN5O2/c1-12-17(10-21-22-15-3-2-4-16(9-15)25(26)27)18(19)24(23-12)11-13-5-7-14(20)8-6-13/h2-10,22H,11H2,1H3. The lowest BCUT2D eigenvalue weighted by molar-refractivity contribution is -0.384. The summed E-state index contributed by atoms with van der Waals surface area (Å²) in [5.74, 6) is -0.304. The van der Waals surface area contributed by atoms with E-state index in [-0.39, 0.29) is 11.5 Å². The molecule has 0 fully saturated rings. The molecule has 1 N–H and O–H groups in total. The molecule has 0 aliphatic carbocycles. The van der Waals surface area contributed by atoms with Crippen LogP contribution in [0.5, 0.6) is 0 Å². The van der Waals surface area contributed by atoms with E-state index >= 15 is 0 Å². The maximum atomic E-state index is 13.0. The number of aryl methyl sites for hydroxylation is 1. The van der Waals surface area contributed by atoms with Gasteiger partial charge in [0, 0.05) is 12.1 Å². The molecule has 0 aliphatic heterocycles. The van der Waals surface area contributed by atoms with Gasteiger partial charge in [0.15, 0.2) is 0 Å². The predicted octanol–water partition coefficient (Wildman–Crippen LogP) is 4.39. The first kappa shape index (κ1) is 18.5. The quantitative estimate of drug-likeness (QED) is 0.386. The van der Waals surface area contributed by atoms with Gasteiger partial charge in [-0.15, -0.1) is 0 Å². The van der Waals surface area contributed by atoms with Gasteiger partial charge in [0.25, 0.3) is 5.69 Å². The molecule has 0 atom stereocenters. The number of non-ortho nitro benzene ring substituents is 1. The zero-order chi connectivity index (χ0) is 19.4. The SMILES string of the molecule is Cc1nn(Cc2ccc(F)cc2)c(Cl)c1C=NNc1cccc([N+](=O)[O-])c1. The minimum atomic E-state index is -0.477. The highest BCUT2D eigenvalue weighted by atomic mass is 35.5. The van der Waals surface area contributed by atoms with Crippen molar-refractivity contribution in [2.75, 3.05) is 5.43 Å². The fourth-order valence-electron chi connectivity index (χ4n) is 2.44. The summed E-state index contributed by atoms with van der Waals surface area (Å²) < 4.78 is 14.6. The highest BCUT2D eigenvalue weighted by Gasteiger charge is 2.12. The topological polar surface area (TPSA) is 85.3 Å². The lowest BCUT2D eigenvalue weighted by Gasteiger charge is -2.03. The van der Waals surface area contributed by atoms with Crippen LogP contribution in [0.15, 0.2) is 53.6 Å². The molecule has 0 unspecified atom stereocenters. The molecule has 0 radical (unpaired) electrons. The van der Waals surface area contributed by atoms with Gasteiger partial charge in [0.05, 0.1) is 34.6 Å². The lowest BCUT2D eigenvalue weighted by Crippen LogP contribution is -2.02. The lowest BCUT2D eigenvalue weighted by atomic mass is 10.2. The van der Waals surface area contributed by atoms with Crippen LogP contribution >= 0.6 is 11.6 Å². The number of benzene rings is 2. The van der Waals surface area contributed by atoms with Crippen LogP contribution in [0.25, 0.3) is 0 Å². The largest absolute Gasteiger partial charge is 0.278 e. The molecule has 138 valence electrons. The first-order chi connectivity index (χ1) is 12.9. The van der Waals surface area contributed by atoms with E-state index in [9.17, 15) is 14.5 Å². The van der Waals surface area contributed by atoms with Gasteiger partial charge in [0.2, 0.25) is 0 Å². The third-order valence-electron chi connectivity index (χ3n) is 3.80. The van der Waals surface area contributed by atoms with Crippen molar-refractivity contribution < 1.29 is 9.31 Å². The molecule has 1 heterocycles. The van der Waals surface area contributed by atoms with Crippen molar-refractivity contribution in [1.82, 2.24) is 9.78 Å². The molecule has 9 heteroatoms. The fourth-order valence-corrected chi connectivity index (χ4v) is 2.72.